The first-order valence-corrected chi connectivity index (χ1v) is 9.86. The van der Waals surface area contributed by atoms with Crippen molar-refractivity contribution in [1.29, 1.82) is 0 Å². The van der Waals surface area contributed by atoms with E-state index in [2.05, 4.69) is 10.6 Å². The SMILES string of the molecule is CNC(=O)CC(NC(=O)c1ccc(=O)n(Cc2ccccc2Cl)c1)c1ccccc1. The van der Waals surface area contributed by atoms with E-state index in [1.807, 2.05) is 48.5 Å². The number of hydrogen-bond acceptors (Lipinski definition) is 3. The summed E-state index contributed by atoms with van der Waals surface area (Å²) in [4.78, 5) is 37.1. The van der Waals surface area contributed by atoms with Crippen LogP contribution in [0.3, 0.4) is 0 Å². The largest absolute Gasteiger partial charge is 0.359 e. The highest BCUT2D eigenvalue weighted by Crippen LogP contribution is 2.18. The van der Waals surface area contributed by atoms with Gasteiger partial charge < -0.3 is 15.2 Å². The van der Waals surface area contributed by atoms with Crippen LogP contribution in [-0.2, 0) is 11.3 Å². The maximum absolute atomic E-state index is 12.9. The van der Waals surface area contributed by atoms with Gasteiger partial charge in [-0.05, 0) is 23.3 Å². The molecule has 30 heavy (non-hydrogen) atoms. The lowest BCUT2D eigenvalue weighted by atomic mass is 10.0. The fourth-order valence-electron chi connectivity index (χ4n) is 3.07. The number of aromatic nitrogens is 1. The summed E-state index contributed by atoms with van der Waals surface area (Å²) >= 11 is 6.20. The van der Waals surface area contributed by atoms with Crippen LogP contribution >= 0.6 is 11.6 Å². The van der Waals surface area contributed by atoms with E-state index in [0.717, 1.165) is 11.1 Å². The number of halogens is 1. The predicted molar refractivity (Wildman–Crippen MR) is 117 cm³/mol. The molecule has 154 valence electrons. The standard InChI is InChI=1S/C23H22ClN3O3/c1-25-21(28)13-20(16-7-3-2-4-8-16)26-23(30)18-11-12-22(29)27(15-18)14-17-9-5-6-10-19(17)24/h2-12,15,20H,13-14H2,1H3,(H,25,28)(H,26,30). The third-order valence-corrected chi connectivity index (χ3v) is 5.09. The van der Waals surface area contributed by atoms with Gasteiger partial charge in [-0.15, -0.1) is 0 Å². The molecule has 3 rings (SSSR count). The summed E-state index contributed by atoms with van der Waals surface area (Å²) in [5.74, 6) is -0.562. The van der Waals surface area contributed by atoms with Gasteiger partial charge in [0, 0.05) is 24.3 Å². The lowest BCUT2D eigenvalue weighted by Crippen LogP contribution is -2.33. The number of hydrogen-bond donors (Lipinski definition) is 2. The molecule has 1 unspecified atom stereocenters. The molecule has 2 amide bonds. The monoisotopic (exact) mass is 423 g/mol. The Bertz CT molecular complexity index is 1100. The van der Waals surface area contributed by atoms with Gasteiger partial charge in [-0.3, -0.25) is 14.4 Å². The summed E-state index contributed by atoms with van der Waals surface area (Å²) in [5, 5.41) is 6.02. The number of rotatable bonds is 7. The Morgan fingerprint density at radius 1 is 1.00 bits per heavy atom. The highest BCUT2D eigenvalue weighted by Gasteiger charge is 2.19. The Hall–Kier alpha value is -3.38. The molecule has 0 aliphatic heterocycles. The molecule has 0 saturated heterocycles. The van der Waals surface area contributed by atoms with Crippen molar-refractivity contribution in [2.24, 2.45) is 0 Å². The quantitative estimate of drug-likeness (QED) is 0.612. The fraction of sp³-hybridized carbons (Fsp3) is 0.174. The van der Waals surface area contributed by atoms with Crippen LogP contribution in [0.5, 0.6) is 0 Å². The van der Waals surface area contributed by atoms with E-state index in [9.17, 15) is 14.4 Å². The van der Waals surface area contributed by atoms with Gasteiger partial charge in [0.2, 0.25) is 5.91 Å². The van der Waals surface area contributed by atoms with E-state index in [-0.39, 0.29) is 30.3 Å². The van der Waals surface area contributed by atoms with Crippen molar-refractivity contribution in [1.82, 2.24) is 15.2 Å². The molecule has 3 aromatic rings. The molecule has 0 fully saturated rings. The molecular weight excluding hydrogens is 402 g/mol. The van der Waals surface area contributed by atoms with Crippen LogP contribution in [0.15, 0.2) is 77.7 Å². The topological polar surface area (TPSA) is 80.2 Å². The fourth-order valence-corrected chi connectivity index (χ4v) is 3.26. The Labute approximate surface area is 179 Å². The maximum Gasteiger partial charge on any atom is 0.253 e. The summed E-state index contributed by atoms with van der Waals surface area (Å²) in [5.41, 5.74) is 1.68. The summed E-state index contributed by atoms with van der Waals surface area (Å²) < 4.78 is 1.44. The third kappa shape index (κ3) is 5.36. The average molecular weight is 424 g/mol. The second-order valence-electron chi connectivity index (χ2n) is 6.79. The first kappa shape index (κ1) is 21.3. The van der Waals surface area contributed by atoms with Crippen LogP contribution < -0.4 is 16.2 Å². The van der Waals surface area contributed by atoms with Gasteiger partial charge in [-0.1, -0.05) is 60.1 Å². The molecule has 0 aliphatic carbocycles. The number of carbonyl (C=O) groups is 2. The number of pyridine rings is 1. The van der Waals surface area contributed by atoms with Gasteiger partial charge in [-0.25, -0.2) is 0 Å². The number of amides is 2. The van der Waals surface area contributed by atoms with E-state index in [1.54, 1.807) is 13.1 Å². The maximum atomic E-state index is 12.9. The summed E-state index contributed by atoms with van der Waals surface area (Å²) in [7, 11) is 1.55. The Kier molecular flexibility index (Phi) is 7.03. The molecule has 7 heteroatoms. The summed E-state index contributed by atoms with van der Waals surface area (Å²) in [6, 6.07) is 18.8. The van der Waals surface area contributed by atoms with E-state index in [0.29, 0.717) is 10.6 Å². The average Bonchev–Trinajstić information content (AvgIpc) is 2.76. The lowest BCUT2D eigenvalue weighted by molar-refractivity contribution is -0.121. The minimum Gasteiger partial charge on any atom is -0.359 e. The molecule has 0 bridgehead atoms. The van der Waals surface area contributed by atoms with Crippen molar-refractivity contribution in [2.75, 3.05) is 7.05 Å². The molecule has 2 aromatic carbocycles. The van der Waals surface area contributed by atoms with Gasteiger partial charge in [0.05, 0.1) is 24.6 Å². The van der Waals surface area contributed by atoms with Crippen LogP contribution in [-0.4, -0.2) is 23.4 Å². The van der Waals surface area contributed by atoms with Gasteiger partial charge >= 0.3 is 0 Å². The van der Waals surface area contributed by atoms with E-state index in [4.69, 9.17) is 11.6 Å². The van der Waals surface area contributed by atoms with E-state index < -0.39 is 6.04 Å². The predicted octanol–water partition coefficient (Wildman–Crippen LogP) is 3.16. The van der Waals surface area contributed by atoms with Gasteiger partial charge in [0.15, 0.2) is 0 Å². The number of nitrogens with zero attached hydrogens (tertiary/aromatic N) is 1. The van der Waals surface area contributed by atoms with Crippen LogP contribution in [0, 0.1) is 0 Å². The zero-order chi connectivity index (χ0) is 21.5. The second-order valence-corrected chi connectivity index (χ2v) is 7.20. The zero-order valence-electron chi connectivity index (χ0n) is 16.5. The third-order valence-electron chi connectivity index (χ3n) is 4.72. The molecule has 0 aliphatic rings. The highest BCUT2D eigenvalue weighted by molar-refractivity contribution is 6.31. The smallest absolute Gasteiger partial charge is 0.253 e. The number of carbonyl (C=O) groups excluding carboxylic acids is 2. The minimum absolute atomic E-state index is 0.103. The van der Waals surface area contributed by atoms with E-state index >= 15 is 0 Å². The zero-order valence-corrected chi connectivity index (χ0v) is 17.2. The lowest BCUT2D eigenvalue weighted by Gasteiger charge is -2.19. The minimum atomic E-state index is -0.498. The molecule has 0 saturated carbocycles. The van der Waals surface area contributed by atoms with Crippen LogP contribution in [0.25, 0.3) is 0 Å². The highest BCUT2D eigenvalue weighted by atomic mass is 35.5. The van der Waals surface area contributed by atoms with Gasteiger partial charge in [0.1, 0.15) is 0 Å². The molecular formula is C23H22ClN3O3. The normalized spacial score (nSPS) is 11.5. The van der Waals surface area contributed by atoms with Crippen molar-refractivity contribution >= 4 is 23.4 Å². The Morgan fingerprint density at radius 3 is 2.40 bits per heavy atom. The Morgan fingerprint density at radius 2 is 1.70 bits per heavy atom. The van der Waals surface area contributed by atoms with Crippen molar-refractivity contribution in [3.63, 3.8) is 0 Å². The molecule has 0 radical (unpaired) electrons. The van der Waals surface area contributed by atoms with Crippen LogP contribution in [0.1, 0.15) is 33.9 Å². The molecule has 2 N–H and O–H groups in total. The first-order valence-electron chi connectivity index (χ1n) is 9.48. The van der Waals surface area contributed by atoms with Crippen LogP contribution in [0.2, 0.25) is 5.02 Å². The van der Waals surface area contributed by atoms with Gasteiger partial charge in [0.25, 0.3) is 11.5 Å². The molecule has 0 spiro atoms. The first-order chi connectivity index (χ1) is 14.5. The molecule has 1 aromatic heterocycles. The Balaban J connectivity index is 1.83. The summed E-state index contributed by atoms with van der Waals surface area (Å²) in [6.07, 6.45) is 1.61. The van der Waals surface area contributed by atoms with E-state index in [1.165, 1.54) is 22.9 Å². The second kappa shape index (κ2) is 9.89. The summed E-state index contributed by atoms with van der Waals surface area (Å²) in [6.45, 7) is 0.250. The number of nitrogens with one attached hydrogen (secondary N) is 2. The van der Waals surface area contributed by atoms with Crippen molar-refractivity contribution in [3.8, 4) is 0 Å². The molecule has 1 heterocycles. The van der Waals surface area contributed by atoms with Crippen molar-refractivity contribution in [3.05, 3.63) is 105 Å². The van der Waals surface area contributed by atoms with Crippen molar-refractivity contribution in [2.45, 2.75) is 19.0 Å². The van der Waals surface area contributed by atoms with Gasteiger partial charge in [-0.2, -0.15) is 0 Å². The molecule has 6 nitrogen and oxygen atoms in total. The van der Waals surface area contributed by atoms with Crippen molar-refractivity contribution < 1.29 is 9.59 Å². The number of benzene rings is 2. The molecule has 1 atom stereocenters. The van der Waals surface area contributed by atoms with Crippen LogP contribution in [0.4, 0.5) is 0 Å².